The summed E-state index contributed by atoms with van der Waals surface area (Å²) in [6.45, 7) is -0.231. The highest BCUT2D eigenvalue weighted by molar-refractivity contribution is 6.01. The van der Waals surface area contributed by atoms with Gasteiger partial charge in [0.15, 0.2) is 12.1 Å². The Balaban J connectivity index is 1.90. The lowest BCUT2D eigenvalue weighted by Gasteiger charge is -2.22. The Morgan fingerprint density at radius 3 is 3.05 bits per heavy atom. The van der Waals surface area contributed by atoms with Gasteiger partial charge in [0.2, 0.25) is 0 Å². The maximum atomic E-state index is 9.75. The minimum atomic E-state index is -0.712. The highest BCUT2D eigenvalue weighted by Crippen LogP contribution is 2.32. The van der Waals surface area contributed by atoms with Crippen molar-refractivity contribution in [1.82, 2.24) is 9.55 Å². The molecule has 3 rings (SSSR count). The van der Waals surface area contributed by atoms with Crippen molar-refractivity contribution in [3.05, 3.63) is 12.0 Å². The number of nitrogens with one attached hydrogen (secondary N) is 1. The fourth-order valence-corrected chi connectivity index (χ4v) is 2.34. The molecule has 3 heterocycles. The lowest BCUT2D eigenvalue weighted by atomic mass is 10.2. The van der Waals surface area contributed by atoms with Gasteiger partial charge >= 0.3 is 0 Å². The van der Waals surface area contributed by atoms with E-state index in [1.165, 1.54) is 0 Å². The van der Waals surface area contributed by atoms with Crippen LogP contribution >= 0.6 is 0 Å². The molecule has 0 aromatic carbocycles. The van der Waals surface area contributed by atoms with Crippen molar-refractivity contribution in [3.8, 4) is 0 Å². The quantitative estimate of drug-likeness (QED) is 0.413. The molecule has 0 bridgehead atoms. The van der Waals surface area contributed by atoms with E-state index >= 15 is 0 Å². The molecule has 19 heavy (non-hydrogen) atoms. The molecule has 1 saturated heterocycles. The van der Waals surface area contributed by atoms with Gasteiger partial charge in [-0.05, 0) is 0 Å². The SMILES string of the molecule is NC1=NC(N)Nc2c1ncn2C1C[C@@H](O)C(CO)O1. The molecule has 9 nitrogen and oxygen atoms in total. The largest absolute Gasteiger partial charge is 0.394 e. The van der Waals surface area contributed by atoms with E-state index in [0.717, 1.165) is 0 Å². The first-order chi connectivity index (χ1) is 9.10. The summed E-state index contributed by atoms with van der Waals surface area (Å²) in [5, 5.41) is 21.8. The number of amidine groups is 1. The fraction of sp³-hybridized carbons (Fsp3) is 0.600. The molecule has 1 fully saturated rings. The number of aromatic nitrogens is 2. The van der Waals surface area contributed by atoms with Gasteiger partial charge in [0.25, 0.3) is 0 Å². The molecule has 0 saturated carbocycles. The summed E-state index contributed by atoms with van der Waals surface area (Å²) in [6, 6.07) is 0. The molecule has 9 heteroatoms. The number of hydrogen-bond acceptors (Lipinski definition) is 8. The summed E-state index contributed by atoms with van der Waals surface area (Å²) in [4.78, 5) is 8.12. The first kappa shape index (κ1) is 12.4. The van der Waals surface area contributed by atoms with Gasteiger partial charge < -0.3 is 26.0 Å². The summed E-state index contributed by atoms with van der Waals surface area (Å²) in [7, 11) is 0. The number of imidazole rings is 1. The molecule has 2 aliphatic heterocycles. The van der Waals surface area contributed by atoms with Gasteiger partial charge in [-0.1, -0.05) is 0 Å². The summed E-state index contributed by atoms with van der Waals surface area (Å²) < 4.78 is 7.27. The smallest absolute Gasteiger partial charge is 0.174 e. The normalized spacial score (nSPS) is 33.7. The fourth-order valence-electron chi connectivity index (χ4n) is 2.34. The third-order valence-electron chi connectivity index (χ3n) is 3.29. The Bertz CT molecular complexity index is 515. The van der Waals surface area contributed by atoms with Crippen LogP contribution in [0.2, 0.25) is 0 Å². The predicted octanol–water partition coefficient (Wildman–Crippen LogP) is -2.10. The van der Waals surface area contributed by atoms with Gasteiger partial charge in [-0.15, -0.1) is 0 Å². The summed E-state index contributed by atoms with van der Waals surface area (Å²) in [5.74, 6) is 0.869. The van der Waals surface area contributed by atoms with Crippen molar-refractivity contribution in [2.45, 2.75) is 31.1 Å². The minimum Gasteiger partial charge on any atom is -0.394 e. The van der Waals surface area contributed by atoms with Crippen molar-refractivity contribution in [2.24, 2.45) is 16.5 Å². The van der Waals surface area contributed by atoms with E-state index in [4.69, 9.17) is 21.3 Å². The average Bonchev–Trinajstić information content (AvgIpc) is 2.92. The highest BCUT2D eigenvalue weighted by Gasteiger charge is 2.36. The third-order valence-corrected chi connectivity index (χ3v) is 3.29. The highest BCUT2D eigenvalue weighted by atomic mass is 16.5. The van der Waals surface area contributed by atoms with Crippen molar-refractivity contribution in [1.29, 1.82) is 0 Å². The van der Waals surface area contributed by atoms with E-state index in [9.17, 15) is 5.11 Å². The van der Waals surface area contributed by atoms with Crippen LogP contribution in [0.15, 0.2) is 11.3 Å². The molecular formula is C10H16N6O3. The number of hydrogen-bond donors (Lipinski definition) is 5. The molecule has 1 aromatic heterocycles. The Hall–Kier alpha value is -1.68. The Kier molecular flexibility index (Phi) is 2.90. The van der Waals surface area contributed by atoms with Crippen LogP contribution in [-0.2, 0) is 4.74 Å². The molecule has 2 aliphatic rings. The molecule has 1 aromatic rings. The second-order valence-electron chi connectivity index (χ2n) is 4.57. The molecule has 0 aliphatic carbocycles. The summed E-state index contributed by atoms with van der Waals surface area (Å²) in [6.07, 6.45) is -0.448. The van der Waals surface area contributed by atoms with E-state index in [0.29, 0.717) is 17.9 Å². The van der Waals surface area contributed by atoms with Gasteiger partial charge in [-0.25, -0.2) is 9.98 Å². The van der Waals surface area contributed by atoms with Gasteiger partial charge in [0.1, 0.15) is 23.8 Å². The summed E-state index contributed by atoms with van der Waals surface area (Å²) >= 11 is 0. The first-order valence-corrected chi connectivity index (χ1v) is 5.97. The van der Waals surface area contributed by atoms with Crippen LogP contribution in [0.5, 0.6) is 0 Å². The molecule has 4 atom stereocenters. The molecule has 3 unspecified atom stereocenters. The lowest BCUT2D eigenvalue weighted by Crippen LogP contribution is -2.37. The number of ether oxygens (including phenoxy) is 1. The van der Waals surface area contributed by atoms with Crippen LogP contribution in [0.25, 0.3) is 0 Å². The molecule has 0 amide bonds. The van der Waals surface area contributed by atoms with Gasteiger partial charge in [0.05, 0.1) is 19.0 Å². The van der Waals surface area contributed by atoms with Crippen molar-refractivity contribution in [2.75, 3.05) is 11.9 Å². The Morgan fingerprint density at radius 2 is 2.37 bits per heavy atom. The van der Waals surface area contributed by atoms with Crippen LogP contribution in [0.3, 0.4) is 0 Å². The topological polar surface area (TPSA) is 144 Å². The number of anilines is 1. The zero-order valence-corrected chi connectivity index (χ0v) is 10.1. The van der Waals surface area contributed by atoms with E-state index < -0.39 is 24.7 Å². The Morgan fingerprint density at radius 1 is 1.58 bits per heavy atom. The molecular weight excluding hydrogens is 252 g/mol. The van der Waals surface area contributed by atoms with Gasteiger partial charge in [0, 0.05) is 6.42 Å². The maximum absolute atomic E-state index is 9.75. The average molecular weight is 268 g/mol. The van der Waals surface area contributed by atoms with Gasteiger partial charge in [-0.3, -0.25) is 10.3 Å². The molecule has 104 valence electrons. The van der Waals surface area contributed by atoms with E-state index in [1.807, 2.05) is 0 Å². The standard InChI is InChI=1S/C10H16N6O3/c11-8-7-9(15-10(12)14-8)16(3-13-7)6-1-4(18)5(2-17)19-6/h3-6,10,15,17-18H,1-2,12H2,(H2,11,14)/t4-,5?,6?,10?/m1/s1. The predicted molar refractivity (Wildman–Crippen MR) is 66.2 cm³/mol. The zero-order valence-electron chi connectivity index (χ0n) is 10.1. The van der Waals surface area contributed by atoms with Crippen molar-refractivity contribution < 1.29 is 14.9 Å². The second kappa shape index (κ2) is 4.46. The minimum absolute atomic E-state index is 0.231. The van der Waals surface area contributed by atoms with Crippen LogP contribution in [-0.4, -0.2) is 50.7 Å². The zero-order chi connectivity index (χ0) is 13.6. The number of aliphatic hydroxyl groups excluding tert-OH is 2. The van der Waals surface area contributed by atoms with Crippen LogP contribution < -0.4 is 16.8 Å². The summed E-state index contributed by atoms with van der Waals surface area (Å²) in [5.41, 5.74) is 12.0. The van der Waals surface area contributed by atoms with Crippen LogP contribution in [0, 0.1) is 0 Å². The number of aliphatic hydroxyl groups is 2. The van der Waals surface area contributed by atoms with E-state index in [-0.39, 0.29) is 12.4 Å². The number of rotatable bonds is 2. The lowest BCUT2D eigenvalue weighted by molar-refractivity contribution is -0.0437. The van der Waals surface area contributed by atoms with Crippen molar-refractivity contribution >= 4 is 11.7 Å². The van der Waals surface area contributed by atoms with Crippen molar-refractivity contribution in [3.63, 3.8) is 0 Å². The Labute approximate surface area is 108 Å². The number of nitrogens with two attached hydrogens (primary N) is 2. The number of fused-ring (bicyclic) bond motifs is 1. The molecule has 7 N–H and O–H groups in total. The van der Waals surface area contributed by atoms with E-state index in [2.05, 4.69) is 15.3 Å². The second-order valence-corrected chi connectivity index (χ2v) is 4.57. The van der Waals surface area contributed by atoms with E-state index in [1.54, 1.807) is 10.9 Å². The van der Waals surface area contributed by atoms with Gasteiger partial charge in [-0.2, -0.15) is 0 Å². The maximum Gasteiger partial charge on any atom is 0.174 e. The number of nitrogens with zero attached hydrogens (tertiary/aromatic N) is 3. The third kappa shape index (κ3) is 1.96. The van der Waals surface area contributed by atoms with Crippen LogP contribution in [0.4, 0.5) is 5.82 Å². The molecule has 0 spiro atoms. The monoisotopic (exact) mass is 268 g/mol. The first-order valence-electron chi connectivity index (χ1n) is 5.97. The number of aliphatic imine (C=N–C) groups is 1. The molecule has 0 radical (unpaired) electrons. The van der Waals surface area contributed by atoms with Crippen LogP contribution in [0.1, 0.15) is 18.3 Å².